The van der Waals surface area contributed by atoms with Gasteiger partial charge in [-0.2, -0.15) is 0 Å². The van der Waals surface area contributed by atoms with Crippen LogP contribution in [0.15, 0.2) is 24.4 Å². The first-order chi connectivity index (χ1) is 7.65. The molecule has 0 aliphatic carbocycles. The van der Waals surface area contributed by atoms with E-state index in [2.05, 4.69) is 38.3 Å². The molecule has 0 unspecified atom stereocenters. The van der Waals surface area contributed by atoms with Crippen molar-refractivity contribution in [3.63, 3.8) is 0 Å². The van der Waals surface area contributed by atoms with Gasteiger partial charge in [0.05, 0.1) is 0 Å². The molecule has 92 valence electrons. The highest BCUT2D eigenvalue weighted by atomic mass is 16.5. The van der Waals surface area contributed by atoms with E-state index in [0.29, 0.717) is 12.0 Å². The predicted octanol–water partition coefficient (Wildman–Crippen LogP) is 3.21. The molecule has 2 heteroatoms. The van der Waals surface area contributed by atoms with Gasteiger partial charge in [-0.05, 0) is 31.8 Å². The Morgan fingerprint density at radius 3 is 2.56 bits per heavy atom. The fraction of sp³-hybridized carbons (Fsp3) is 0.714. The van der Waals surface area contributed by atoms with Crippen LogP contribution in [0.25, 0.3) is 0 Å². The van der Waals surface area contributed by atoms with Crippen molar-refractivity contribution in [2.45, 2.75) is 39.7 Å². The van der Waals surface area contributed by atoms with Crippen LogP contribution in [0.4, 0.5) is 0 Å². The van der Waals surface area contributed by atoms with Crippen LogP contribution in [0.1, 0.15) is 33.6 Å². The number of rotatable bonds is 5. The standard InChI is InChI=1S/C14H25NO/c1-5-6-13(4)15(11-12(2)3)14-7-9-16-10-8-14/h5-6,12,14H,1,7-11H2,2-4H3/b13-6+. The van der Waals surface area contributed by atoms with Gasteiger partial charge < -0.3 is 9.64 Å². The number of hydrogen-bond acceptors (Lipinski definition) is 2. The maximum absolute atomic E-state index is 5.43. The molecule has 0 spiro atoms. The summed E-state index contributed by atoms with van der Waals surface area (Å²) >= 11 is 0. The Hall–Kier alpha value is -0.760. The third-order valence-electron chi connectivity index (χ3n) is 3.01. The largest absolute Gasteiger partial charge is 0.381 e. The summed E-state index contributed by atoms with van der Waals surface area (Å²) in [5.74, 6) is 0.691. The highest BCUT2D eigenvalue weighted by molar-refractivity contribution is 5.08. The molecule has 0 saturated carbocycles. The van der Waals surface area contributed by atoms with E-state index in [1.54, 1.807) is 0 Å². The zero-order valence-electron chi connectivity index (χ0n) is 10.9. The molecule has 0 radical (unpaired) electrons. The van der Waals surface area contributed by atoms with E-state index in [1.807, 2.05) is 6.08 Å². The summed E-state index contributed by atoms with van der Waals surface area (Å²) in [4.78, 5) is 2.52. The van der Waals surface area contributed by atoms with Gasteiger partial charge in [0.1, 0.15) is 0 Å². The van der Waals surface area contributed by atoms with E-state index in [0.717, 1.165) is 32.6 Å². The maximum atomic E-state index is 5.43. The zero-order valence-corrected chi connectivity index (χ0v) is 10.9. The van der Waals surface area contributed by atoms with E-state index >= 15 is 0 Å². The summed E-state index contributed by atoms with van der Waals surface area (Å²) in [7, 11) is 0. The van der Waals surface area contributed by atoms with E-state index in [1.165, 1.54) is 5.70 Å². The second-order valence-corrected chi connectivity index (χ2v) is 4.93. The lowest BCUT2D eigenvalue weighted by molar-refractivity contribution is 0.0425. The molecule has 0 atom stereocenters. The summed E-state index contributed by atoms with van der Waals surface area (Å²) in [5.41, 5.74) is 1.33. The first-order valence-corrected chi connectivity index (χ1v) is 6.29. The minimum atomic E-state index is 0.646. The Bertz CT molecular complexity index is 239. The summed E-state index contributed by atoms with van der Waals surface area (Å²) in [6.07, 6.45) is 6.28. The lowest BCUT2D eigenvalue weighted by Gasteiger charge is -2.37. The van der Waals surface area contributed by atoms with E-state index in [4.69, 9.17) is 4.74 Å². The third kappa shape index (κ3) is 4.01. The second-order valence-electron chi connectivity index (χ2n) is 4.93. The molecular weight excluding hydrogens is 198 g/mol. The normalized spacial score (nSPS) is 18.9. The average molecular weight is 223 g/mol. The topological polar surface area (TPSA) is 12.5 Å². The quantitative estimate of drug-likeness (QED) is 0.664. The minimum absolute atomic E-state index is 0.646. The van der Waals surface area contributed by atoms with Crippen molar-refractivity contribution >= 4 is 0 Å². The second kappa shape index (κ2) is 6.74. The molecule has 0 N–H and O–H groups in total. The highest BCUT2D eigenvalue weighted by Gasteiger charge is 2.21. The molecule has 1 saturated heterocycles. The lowest BCUT2D eigenvalue weighted by Crippen LogP contribution is -2.40. The Morgan fingerprint density at radius 1 is 1.44 bits per heavy atom. The van der Waals surface area contributed by atoms with Crippen molar-refractivity contribution in [3.8, 4) is 0 Å². The first kappa shape index (κ1) is 13.3. The summed E-state index contributed by atoms with van der Waals surface area (Å²) in [6, 6.07) is 0.646. The van der Waals surface area contributed by atoms with Crippen LogP contribution >= 0.6 is 0 Å². The smallest absolute Gasteiger partial charge is 0.0485 e. The highest BCUT2D eigenvalue weighted by Crippen LogP contribution is 2.20. The van der Waals surface area contributed by atoms with Crippen LogP contribution in [0.2, 0.25) is 0 Å². The molecule has 1 aliphatic rings. The molecule has 0 aromatic rings. The molecule has 1 rings (SSSR count). The van der Waals surface area contributed by atoms with Crippen molar-refractivity contribution in [1.82, 2.24) is 4.90 Å². The Balaban J connectivity index is 2.68. The molecule has 2 nitrogen and oxygen atoms in total. The third-order valence-corrected chi connectivity index (χ3v) is 3.01. The van der Waals surface area contributed by atoms with Crippen molar-refractivity contribution in [3.05, 3.63) is 24.4 Å². The van der Waals surface area contributed by atoms with Gasteiger partial charge in [0.15, 0.2) is 0 Å². The van der Waals surface area contributed by atoms with Gasteiger partial charge in [-0.3, -0.25) is 0 Å². The van der Waals surface area contributed by atoms with Crippen LogP contribution in [0.5, 0.6) is 0 Å². The van der Waals surface area contributed by atoms with Gasteiger partial charge in [-0.25, -0.2) is 0 Å². The van der Waals surface area contributed by atoms with Gasteiger partial charge in [0.25, 0.3) is 0 Å². The van der Waals surface area contributed by atoms with E-state index in [9.17, 15) is 0 Å². The zero-order chi connectivity index (χ0) is 12.0. The van der Waals surface area contributed by atoms with Gasteiger partial charge in [0, 0.05) is 31.5 Å². The average Bonchev–Trinajstić information content (AvgIpc) is 2.27. The maximum Gasteiger partial charge on any atom is 0.0485 e. The van der Waals surface area contributed by atoms with Crippen LogP contribution in [-0.2, 0) is 4.74 Å². The number of hydrogen-bond donors (Lipinski definition) is 0. The van der Waals surface area contributed by atoms with Crippen molar-refractivity contribution < 1.29 is 4.74 Å². The molecule has 16 heavy (non-hydrogen) atoms. The van der Waals surface area contributed by atoms with E-state index in [-0.39, 0.29) is 0 Å². The molecule has 1 heterocycles. The fourth-order valence-corrected chi connectivity index (χ4v) is 2.24. The monoisotopic (exact) mass is 223 g/mol. The SMILES string of the molecule is C=C/C=C(\C)N(CC(C)C)C1CCOCC1. The van der Waals surface area contributed by atoms with Crippen LogP contribution < -0.4 is 0 Å². The lowest BCUT2D eigenvalue weighted by atomic mass is 10.0. The van der Waals surface area contributed by atoms with Gasteiger partial charge >= 0.3 is 0 Å². The summed E-state index contributed by atoms with van der Waals surface area (Å²) in [5, 5.41) is 0. The van der Waals surface area contributed by atoms with Crippen LogP contribution in [0, 0.1) is 5.92 Å². The van der Waals surface area contributed by atoms with Crippen molar-refractivity contribution in [2.75, 3.05) is 19.8 Å². The summed E-state index contributed by atoms with van der Waals surface area (Å²) < 4.78 is 5.43. The molecule has 1 fully saturated rings. The molecule has 1 aliphatic heterocycles. The Labute approximate surface area is 100.0 Å². The van der Waals surface area contributed by atoms with E-state index < -0.39 is 0 Å². The van der Waals surface area contributed by atoms with Crippen molar-refractivity contribution in [2.24, 2.45) is 5.92 Å². The Kier molecular flexibility index (Phi) is 5.61. The van der Waals surface area contributed by atoms with Gasteiger partial charge in [-0.1, -0.05) is 26.5 Å². The number of ether oxygens (including phenoxy) is 1. The molecular formula is C14H25NO. The number of nitrogens with zero attached hydrogens (tertiary/aromatic N) is 1. The van der Waals surface area contributed by atoms with Crippen molar-refractivity contribution in [1.29, 1.82) is 0 Å². The van der Waals surface area contributed by atoms with Crippen LogP contribution in [0.3, 0.4) is 0 Å². The van der Waals surface area contributed by atoms with Gasteiger partial charge in [0.2, 0.25) is 0 Å². The fourth-order valence-electron chi connectivity index (χ4n) is 2.24. The Morgan fingerprint density at radius 2 is 2.06 bits per heavy atom. The van der Waals surface area contributed by atoms with Gasteiger partial charge in [-0.15, -0.1) is 0 Å². The molecule has 0 aromatic heterocycles. The predicted molar refractivity (Wildman–Crippen MR) is 69.3 cm³/mol. The molecule has 0 bridgehead atoms. The first-order valence-electron chi connectivity index (χ1n) is 6.29. The minimum Gasteiger partial charge on any atom is -0.381 e. The molecule has 0 amide bonds. The number of allylic oxidation sites excluding steroid dienone is 3. The molecule has 0 aromatic carbocycles. The van der Waals surface area contributed by atoms with Crippen LogP contribution in [-0.4, -0.2) is 30.7 Å². The summed E-state index contributed by atoms with van der Waals surface area (Å²) in [6.45, 7) is 13.4.